The summed E-state index contributed by atoms with van der Waals surface area (Å²) in [6.07, 6.45) is 9.77. The summed E-state index contributed by atoms with van der Waals surface area (Å²) in [5, 5.41) is 6.76. The van der Waals surface area contributed by atoms with Gasteiger partial charge in [-0.3, -0.25) is 4.79 Å². The Morgan fingerprint density at radius 1 is 1.24 bits per heavy atom. The smallest absolute Gasteiger partial charge is 0.222 e. The van der Waals surface area contributed by atoms with E-state index in [0.29, 0.717) is 24.9 Å². The van der Waals surface area contributed by atoms with Crippen molar-refractivity contribution in [3.8, 4) is 5.88 Å². The zero-order chi connectivity index (χ0) is 20.5. The van der Waals surface area contributed by atoms with Crippen LogP contribution in [0.5, 0.6) is 5.88 Å². The van der Waals surface area contributed by atoms with Crippen molar-refractivity contribution in [3.63, 3.8) is 0 Å². The van der Waals surface area contributed by atoms with Crippen LogP contribution in [0.25, 0.3) is 0 Å². The van der Waals surface area contributed by atoms with Crippen LogP contribution in [0.3, 0.4) is 0 Å². The van der Waals surface area contributed by atoms with Crippen molar-refractivity contribution in [2.45, 2.75) is 77.5 Å². The minimum atomic E-state index is 0.220. The van der Waals surface area contributed by atoms with E-state index in [1.165, 1.54) is 19.3 Å². The Bertz CT molecular complexity index is 670. The van der Waals surface area contributed by atoms with Crippen LogP contribution in [0.1, 0.15) is 64.4 Å². The second kappa shape index (κ2) is 11.0. The van der Waals surface area contributed by atoms with Crippen molar-refractivity contribution >= 4 is 11.9 Å². The zero-order valence-electron chi connectivity index (χ0n) is 17.8. The van der Waals surface area contributed by atoms with Gasteiger partial charge in [0.15, 0.2) is 5.96 Å². The first-order chi connectivity index (χ1) is 14.2. The number of likely N-dealkylation sites (tertiary alicyclic amines) is 1. The van der Waals surface area contributed by atoms with Gasteiger partial charge in [-0.1, -0.05) is 19.4 Å². The molecule has 1 aliphatic heterocycles. The van der Waals surface area contributed by atoms with Gasteiger partial charge in [0, 0.05) is 44.4 Å². The summed E-state index contributed by atoms with van der Waals surface area (Å²) in [6, 6.07) is 4.23. The number of carbonyl (C=O) groups excluding carboxylic acids is 1. The Labute approximate surface area is 174 Å². The van der Waals surface area contributed by atoms with Crippen molar-refractivity contribution < 1.29 is 9.53 Å². The highest BCUT2D eigenvalue weighted by molar-refractivity contribution is 5.80. The molecule has 1 aromatic rings. The number of guanidine groups is 1. The number of nitrogens with zero attached hydrogens (tertiary/aromatic N) is 3. The van der Waals surface area contributed by atoms with E-state index >= 15 is 0 Å². The largest absolute Gasteiger partial charge is 0.474 e. The van der Waals surface area contributed by atoms with Crippen LogP contribution in [0.2, 0.25) is 0 Å². The van der Waals surface area contributed by atoms with Crippen LogP contribution in [0.15, 0.2) is 23.3 Å². The van der Waals surface area contributed by atoms with E-state index in [0.717, 1.165) is 50.4 Å². The van der Waals surface area contributed by atoms with Gasteiger partial charge < -0.3 is 20.3 Å². The molecular formula is C22H35N5O2. The Morgan fingerprint density at radius 2 is 2.07 bits per heavy atom. The number of amides is 1. The molecule has 0 bridgehead atoms. The number of pyridine rings is 1. The van der Waals surface area contributed by atoms with E-state index in [9.17, 15) is 4.79 Å². The number of ether oxygens (including phenoxy) is 1. The van der Waals surface area contributed by atoms with Gasteiger partial charge in [-0.15, -0.1) is 0 Å². The number of hydrogen-bond donors (Lipinski definition) is 2. The maximum Gasteiger partial charge on any atom is 0.222 e. The van der Waals surface area contributed by atoms with Crippen molar-refractivity contribution in [1.82, 2.24) is 20.5 Å². The summed E-state index contributed by atoms with van der Waals surface area (Å²) in [4.78, 5) is 23.0. The average Bonchev–Trinajstić information content (AvgIpc) is 3.22. The van der Waals surface area contributed by atoms with Gasteiger partial charge in [-0.25, -0.2) is 9.98 Å². The fourth-order valence-electron chi connectivity index (χ4n) is 3.94. The molecule has 1 saturated heterocycles. The third kappa shape index (κ3) is 6.61. The summed E-state index contributed by atoms with van der Waals surface area (Å²) in [5.41, 5.74) is 1.05. The first kappa shape index (κ1) is 21.4. The second-order valence-corrected chi connectivity index (χ2v) is 7.90. The maximum absolute atomic E-state index is 11.9. The highest BCUT2D eigenvalue weighted by atomic mass is 16.5. The molecule has 0 spiro atoms. The van der Waals surface area contributed by atoms with Gasteiger partial charge in [-0.2, -0.15) is 0 Å². The molecule has 29 heavy (non-hydrogen) atoms. The van der Waals surface area contributed by atoms with Crippen molar-refractivity contribution in [2.24, 2.45) is 4.99 Å². The summed E-state index contributed by atoms with van der Waals surface area (Å²) in [6.45, 7) is 6.87. The predicted molar refractivity (Wildman–Crippen MR) is 115 cm³/mol. The average molecular weight is 402 g/mol. The van der Waals surface area contributed by atoms with E-state index in [2.05, 4.69) is 22.5 Å². The molecular weight excluding hydrogens is 366 g/mol. The lowest BCUT2D eigenvalue weighted by atomic mass is 9.98. The Balaban J connectivity index is 1.51. The summed E-state index contributed by atoms with van der Waals surface area (Å²) in [5.74, 6) is 1.71. The standard InChI is InChI=1S/C22H35N5O2/c1-3-21(28)27-13-12-18(16-27)26-22(23-4-2)25-15-17-10-11-20(24-14-17)29-19-8-6-5-7-9-19/h10-11,14,18-19H,3-9,12-13,15-16H2,1-2H3,(H2,23,25,26). The molecule has 0 aromatic carbocycles. The zero-order valence-corrected chi connectivity index (χ0v) is 17.8. The third-order valence-electron chi connectivity index (χ3n) is 5.59. The van der Waals surface area contributed by atoms with Crippen LogP contribution in [0, 0.1) is 0 Å². The molecule has 0 radical (unpaired) electrons. The summed E-state index contributed by atoms with van der Waals surface area (Å²) >= 11 is 0. The van der Waals surface area contributed by atoms with Crippen LogP contribution in [-0.2, 0) is 11.3 Å². The molecule has 2 N–H and O–H groups in total. The van der Waals surface area contributed by atoms with Gasteiger partial charge in [0.2, 0.25) is 11.8 Å². The number of nitrogens with one attached hydrogen (secondary N) is 2. The highest BCUT2D eigenvalue weighted by Crippen LogP contribution is 2.22. The number of aliphatic imine (C=N–C) groups is 1. The van der Waals surface area contributed by atoms with E-state index in [-0.39, 0.29) is 11.9 Å². The second-order valence-electron chi connectivity index (χ2n) is 7.90. The SMILES string of the molecule is CCNC(=NCc1ccc(OC2CCCCC2)nc1)NC1CCN(C(=O)CC)C1. The number of hydrogen-bond acceptors (Lipinski definition) is 4. The number of carbonyl (C=O) groups is 1. The van der Waals surface area contributed by atoms with E-state index in [1.807, 2.05) is 30.2 Å². The lowest BCUT2D eigenvalue weighted by Crippen LogP contribution is -2.45. The topological polar surface area (TPSA) is 78.9 Å². The molecule has 1 amide bonds. The quantitative estimate of drug-likeness (QED) is 0.543. The molecule has 2 heterocycles. The predicted octanol–water partition coefficient (Wildman–Crippen LogP) is 2.86. The molecule has 1 aliphatic carbocycles. The molecule has 1 unspecified atom stereocenters. The minimum Gasteiger partial charge on any atom is -0.474 e. The minimum absolute atomic E-state index is 0.220. The summed E-state index contributed by atoms with van der Waals surface area (Å²) < 4.78 is 6.00. The fourth-order valence-corrected chi connectivity index (χ4v) is 3.94. The van der Waals surface area contributed by atoms with Crippen molar-refractivity contribution in [1.29, 1.82) is 0 Å². The molecule has 2 fully saturated rings. The lowest BCUT2D eigenvalue weighted by molar-refractivity contribution is -0.129. The molecule has 160 valence electrons. The number of aromatic nitrogens is 1. The molecule has 7 nitrogen and oxygen atoms in total. The normalized spacial score (nSPS) is 20.6. The van der Waals surface area contributed by atoms with E-state index in [4.69, 9.17) is 9.73 Å². The first-order valence-corrected chi connectivity index (χ1v) is 11.1. The summed E-state index contributed by atoms with van der Waals surface area (Å²) in [7, 11) is 0. The van der Waals surface area contributed by atoms with Crippen LogP contribution < -0.4 is 15.4 Å². The van der Waals surface area contributed by atoms with Crippen molar-refractivity contribution in [2.75, 3.05) is 19.6 Å². The van der Waals surface area contributed by atoms with Gasteiger partial charge in [0.25, 0.3) is 0 Å². The van der Waals surface area contributed by atoms with Crippen LogP contribution in [-0.4, -0.2) is 53.5 Å². The Kier molecular flexibility index (Phi) is 8.14. The van der Waals surface area contributed by atoms with Gasteiger partial charge >= 0.3 is 0 Å². The maximum atomic E-state index is 11.9. The monoisotopic (exact) mass is 401 g/mol. The molecule has 7 heteroatoms. The molecule has 1 saturated carbocycles. The van der Waals surface area contributed by atoms with Crippen LogP contribution >= 0.6 is 0 Å². The highest BCUT2D eigenvalue weighted by Gasteiger charge is 2.25. The van der Waals surface area contributed by atoms with Gasteiger partial charge in [0.1, 0.15) is 6.10 Å². The fraction of sp³-hybridized carbons (Fsp3) is 0.682. The molecule has 1 atom stereocenters. The Morgan fingerprint density at radius 3 is 2.76 bits per heavy atom. The molecule has 2 aliphatic rings. The van der Waals surface area contributed by atoms with Crippen LogP contribution in [0.4, 0.5) is 0 Å². The van der Waals surface area contributed by atoms with Gasteiger partial charge in [-0.05, 0) is 44.6 Å². The molecule has 3 rings (SSSR count). The lowest BCUT2D eigenvalue weighted by Gasteiger charge is -2.22. The third-order valence-corrected chi connectivity index (χ3v) is 5.59. The number of rotatable bonds is 7. The molecule has 1 aromatic heterocycles. The van der Waals surface area contributed by atoms with Crippen molar-refractivity contribution in [3.05, 3.63) is 23.9 Å². The first-order valence-electron chi connectivity index (χ1n) is 11.1. The van der Waals surface area contributed by atoms with E-state index < -0.39 is 0 Å². The van der Waals surface area contributed by atoms with Gasteiger partial charge in [0.05, 0.1) is 6.54 Å². The van der Waals surface area contributed by atoms with E-state index in [1.54, 1.807) is 0 Å². The Hall–Kier alpha value is -2.31.